The lowest BCUT2D eigenvalue weighted by atomic mass is 9.65. The van der Waals surface area contributed by atoms with Crippen LogP contribution < -0.4 is 15.0 Å². The number of aliphatic hydroxyl groups is 2. The lowest BCUT2D eigenvalue weighted by Crippen LogP contribution is -2.56. The van der Waals surface area contributed by atoms with Crippen LogP contribution in [0.15, 0.2) is 103 Å². The quantitative estimate of drug-likeness (QED) is 0.0808. The van der Waals surface area contributed by atoms with Crippen LogP contribution in [-0.4, -0.2) is 88.1 Å². The molecule has 4 aromatic carbocycles. The van der Waals surface area contributed by atoms with Gasteiger partial charge in [-0.05, 0) is 72.6 Å². The molecule has 7 atom stereocenters. The number of methoxy groups -OCH3 is 1. The number of rotatable bonds is 10. The molecule has 8 rings (SSSR count). The molecule has 0 bridgehead atoms. The van der Waals surface area contributed by atoms with Gasteiger partial charge in [-0.25, -0.2) is 14.5 Å². The minimum Gasteiger partial charge on any atom is -0.491 e. The maximum Gasteiger partial charge on any atom is 0.329 e. The first-order valence-electron chi connectivity index (χ1n) is 22.1. The molecule has 3 fully saturated rings. The fraction of sp³-hybridized carbons (Fsp3) is 0.392. The summed E-state index contributed by atoms with van der Waals surface area (Å²) in [6, 6.07) is 23.4. The lowest BCUT2D eigenvalue weighted by molar-refractivity contribution is -0.179. The fourth-order valence-corrected chi connectivity index (χ4v) is 10.4. The van der Waals surface area contributed by atoms with Crippen LogP contribution in [0.4, 0.5) is 10.5 Å². The zero-order valence-corrected chi connectivity index (χ0v) is 36.5. The normalized spacial score (nSPS) is 25.1. The van der Waals surface area contributed by atoms with E-state index in [2.05, 4.69) is 17.2 Å². The molecule has 14 nitrogen and oxygen atoms in total. The molecule has 1 spiro atoms. The lowest BCUT2D eigenvalue weighted by Gasteiger charge is -2.46. The average Bonchev–Trinajstić information content (AvgIpc) is 3.65. The summed E-state index contributed by atoms with van der Waals surface area (Å²) in [6.07, 6.45) is 3.44. The number of hydrogen-bond acceptors (Lipinski definition) is 11. The van der Waals surface area contributed by atoms with E-state index in [0.717, 1.165) is 30.6 Å². The van der Waals surface area contributed by atoms with Crippen molar-refractivity contribution in [3.8, 4) is 17.6 Å². The minimum absolute atomic E-state index is 0.00712. The van der Waals surface area contributed by atoms with Crippen molar-refractivity contribution in [3.05, 3.63) is 131 Å². The van der Waals surface area contributed by atoms with Gasteiger partial charge in [0.15, 0.2) is 0 Å². The topological polar surface area (TPSA) is 192 Å². The number of benzene rings is 4. The second kappa shape index (κ2) is 18.5. The van der Waals surface area contributed by atoms with Gasteiger partial charge in [0.1, 0.15) is 47.5 Å². The third kappa shape index (κ3) is 8.02. The number of nitrogens with zero attached hydrogens (tertiary/aromatic N) is 2. The van der Waals surface area contributed by atoms with Gasteiger partial charge >= 0.3 is 23.9 Å². The Hall–Kier alpha value is -6.53. The average molecular weight is 884 g/mol. The molecule has 4 N–H and O–H groups in total. The van der Waals surface area contributed by atoms with E-state index in [-0.39, 0.29) is 30.2 Å². The summed E-state index contributed by atoms with van der Waals surface area (Å²) in [7, 11) is 1.18. The van der Waals surface area contributed by atoms with Crippen molar-refractivity contribution in [1.29, 1.82) is 0 Å². The molecule has 338 valence electrons. The molecule has 0 radical (unpaired) electrons. The van der Waals surface area contributed by atoms with E-state index in [4.69, 9.17) is 14.2 Å². The first-order chi connectivity index (χ1) is 31.4. The number of nitrogens with one attached hydrogen (secondary N) is 1. The van der Waals surface area contributed by atoms with Gasteiger partial charge < -0.3 is 34.8 Å². The molecule has 3 aliphatic heterocycles. The second-order valence-corrected chi connectivity index (χ2v) is 17.5. The maximum atomic E-state index is 16.2. The number of aliphatic hydroxyl groups excluding tert-OH is 1. The monoisotopic (exact) mass is 883 g/mol. The highest BCUT2D eigenvalue weighted by atomic mass is 16.6. The van der Waals surface area contributed by atoms with Crippen molar-refractivity contribution in [2.75, 3.05) is 25.2 Å². The van der Waals surface area contributed by atoms with Gasteiger partial charge in [0.2, 0.25) is 5.91 Å². The summed E-state index contributed by atoms with van der Waals surface area (Å²) in [5.74, 6) is -0.150. The number of cyclic esters (lactones) is 1. The van der Waals surface area contributed by atoms with Gasteiger partial charge in [-0.1, -0.05) is 117 Å². The van der Waals surface area contributed by atoms with Crippen LogP contribution in [0, 0.1) is 23.7 Å². The number of hydrogen-bond donors (Lipinski definition) is 4. The SMILES string of the molecule is COC(=O)[C@@H](NC(=O)N1C(=O)[C@@]2(c3cc(C#CC4(O)CCCCCC4)ccc31)[C@H](c1ccccc1OCCO)N1[C@H](c3ccccc3)[C@H](c3ccccc3)OC(=O)[C@H]1[C@@H]2C(=O)O)C(C)C. The van der Waals surface area contributed by atoms with Gasteiger partial charge in [0.25, 0.3) is 0 Å². The van der Waals surface area contributed by atoms with E-state index in [9.17, 15) is 34.5 Å². The maximum absolute atomic E-state index is 16.2. The second-order valence-electron chi connectivity index (χ2n) is 17.5. The molecule has 1 saturated carbocycles. The summed E-state index contributed by atoms with van der Waals surface area (Å²) < 4.78 is 17.6. The highest BCUT2D eigenvalue weighted by Crippen LogP contribution is 2.66. The molecule has 1 aliphatic carbocycles. The van der Waals surface area contributed by atoms with Crippen molar-refractivity contribution in [2.45, 2.75) is 93.7 Å². The fourth-order valence-electron chi connectivity index (χ4n) is 10.4. The summed E-state index contributed by atoms with van der Waals surface area (Å²) in [5, 5.41) is 36.0. The van der Waals surface area contributed by atoms with E-state index in [1.54, 1.807) is 67.3 Å². The van der Waals surface area contributed by atoms with Crippen LogP contribution in [0.3, 0.4) is 0 Å². The highest BCUT2D eigenvalue weighted by molar-refractivity contribution is 6.25. The first-order valence-corrected chi connectivity index (χ1v) is 22.1. The molecule has 65 heavy (non-hydrogen) atoms. The van der Waals surface area contributed by atoms with Gasteiger partial charge in [0, 0.05) is 11.1 Å². The number of carbonyl (C=O) groups is 5. The Morgan fingerprint density at radius 1 is 0.877 bits per heavy atom. The standard InChI is InChI=1S/C51H53N3O11/c1-31(2)40(46(58)63-3)52-49(61)53-37-23-22-32(24-27-50(62)25-14-4-5-15-26-50)30-36(37)51(48(53)60)39(45(56)57)42-47(59)65-43(34-18-10-7-11-19-34)41(33-16-8-6-9-17-33)54(42)44(51)35-20-12-13-21-38(35)64-29-28-55/h6-13,16-23,30-31,39-44,55,62H,4-5,14-15,25-26,28-29H2,1-3H3,(H,52,61)(H,56,57)/t39-,40+,41-,42-,43+,44+,51-/m1/s1. The number of anilines is 1. The van der Waals surface area contributed by atoms with Crippen molar-refractivity contribution in [3.63, 3.8) is 0 Å². The van der Waals surface area contributed by atoms with E-state index >= 15 is 4.79 Å². The third-order valence-electron chi connectivity index (χ3n) is 13.3. The van der Waals surface area contributed by atoms with Crippen molar-refractivity contribution >= 4 is 35.5 Å². The minimum atomic E-state index is -2.31. The zero-order chi connectivity index (χ0) is 46.0. The number of fused-ring (bicyclic) bond motifs is 3. The number of morpholine rings is 1. The van der Waals surface area contributed by atoms with E-state index < -0.39 is 83.0 Å². The number of amides is 3. The van der Waals surface area contributed by atoms with E-state index in [0.29, 0.717) is 35.1 Å². The number of imide groups is 1. The Bertz CT molecular complexity index is 2510. The highest BCUT2D eigenvalue weighted by Gasteiger charge is 2.76. The Balaban J connectivity index is 1.45. The van der Waals surface area contributed by atoms with Crippen molar-refractivity contribution in [1.82, 2.24) is 10.2 Å². The van der Waals surface area contributed by atoms with Gasteiger partial charge in [-0.2, -0.15) is 0 Å². The molecule has 3 heterocycles. The predicted molar refractivity (Wildman–Crippen MR) is 237 cm³/mol. The Morgan fingerprint density at radius 2 is 1.52 bits per heavy atom. The number of aliphatic carboxylic acids is 1. The number of para-hydroxylation sites is 1. The smallest absolute Gasteiger partial charge is 0.329 e. The van der Waals surface area contributed by atoms with E-state index in [1.165, 1.54) is 13.2 Å². The molecular weight excluding hydrogens is 831 g/mol. The number of carbonyl (C=O) groups excluding carboxylic acids is 4. The zero-order valence-electron chi connectivity index (χ0n) is 36.5. The number of esters is 2. The molecular formula is C51H53N3O11. The van der Waals surface area contributed by atoms with Crippen LogP contribution in [-0.2, 0) is 34.1 Å². The molecule has 14 heteroatoms. The molecule has 2 saturated heterocycles. The van der Waals surface area contributed by atoms with Gasteiger partial charge in [-0.15, -0.1) is 0 Å². The van der Waals surface area contributed by atoms with Crippen LogP contribution in [0.2, 0.25) is 0 Å². The Labute approximate surface area is 377 Å². The number of carboxylic acids is 1. The molecule has 4 aliphatic rings. The number of ether oxygens (including phenoxy) is 3. The Morgan fingerprint density at radius 3 is 2.15 bits per heavy atom. The summed E-state index contributed by atoms with van der Waals surface area (Å²) >= 11 is 0. The van der Waals surface area contributed by atoms with Crippen molar-refractivity contribution < 1.29 is 53.5 Å². The number of carboxylic acid groups (broad SMARTS) is 1. The largest absolute Gasteiger partial charge is 0.491 e. The summed E-state index contributed by atoms with van der Waals surface area (Å²) in [6.45, 7) is 2.86. The van der Waals surface area contributed by atoms with Gasteiger partial charge in [0.05, 0.1) is 31.5 Å². The Kier molecular flexibility index (Phi) is 12.8. The molecule has 0 unspecified atom stereocenters. The third-order valence-corrected chi connectivity index (χ3v) is 13.3. The predicted octanol–water partition coefficient (Wildman–Crippen LogP) is 6.15. The van der Waals surface area contributed by atoms with Crippen LogP contribution in [0.25, 0.3) is 0 Å². The van der Waals surface area contributed by atoms with Gasteiger partial charge in [-0.3, -0.25) is 19.3 Å². The molecule has 4 aromatic rings. The summed E-state index contributed by atoms with van der Waals surface area (Å²) in [5.41, 5.74) is -1.62. The van der Waals surface area contributed by atoms with E-state index in [1.807, 2.05) is 48.5 Å². The molecule has 0 aromatic heterocycles. The first kappa shape index (κ1) is 45.1. The van der Waals surface area contributed by atoms with Crippen LogP contribution in [0.5, 0.6) is 5.75 Å². The van der Waals surface area contributed by atoms with Crippen LogP contribution in [0.1, 0.15) is 98.4 Å². The van der Waals surface area contributed by atoms with Crippen LogP contribution >= 0.6 is 0 Å². The molecule has 3 amide bonds. The van der Waals surface area contributed by atoms with Crippen molar-refractivity contribution in [2.24, 2.45) is 11.8 Å². The summed E-state index contributed by atoms with van der Waals surface area (Å²) in [4.78, 5) is 76.1. The number of urea groups is 1.